The van der Waals surface area contributed by atoms with Gasteiger partial charge in [0.05, 0.1) is 26.4 Å². The molecule has 0 aliphatic rings. The number of aliphatic hydroxyl groups excluding tert-OH is 1. The Balaban J connectivity index is 5.16. The van der Waals surface area contributed by atoms with Crippen molar-refractivity contribution >= 4 is 39.5 Å². The molecule has 0 spiro atoms. The number of phosphoric acid groups is 2. The van der Waals surface area contributed by atoms with Gasteiger partial charge in [0, 0.05) is 25.7 Å². The van der Waals surface area contributed by atoms with Crippen LogP contribution in [0.15, 0.2) is 0 Å². The van der Waals surface area contributed by atoms with Crippen LogP contribution in [0.4, 0.5) is 0 Å². The van der Waals surface area contributed by atoms with Crippen LogP contribution in [0.1, 0.15) is 318 Å². The average Bonchev–Trinajstić information content (AvgIpc) is 3.46. The molecule has 0 aromatic heterocycles. The summed E-state index contributed by atoms with van der Waals surface area (Å²) in [7, 11) is -9.88. The van der Waals surface area contributed by atoms with Crippen molar-refractivity contribution in [2.24, 2.45) is 17.8 Å². The molecule has 0 saturated carbocycles. The topological polar surface area (TPSA) is 237 Å². The second kappa shape index (κ2) is 56.3. The maximum atomic E-state index is 13.0. The highest BCUT2D eigenvalue weighted by Gasteiger charge is 2.30. The number of rotatable bonds is 63. The third-order valence-corrected chi connectivity index (χ3v) is 16.8. The van der Waals surface area contributed by atoms with Crippen LogP contribution in [-0.2, 0) is 65.4 Å². The first-order valence-electron chi connectivity index (χ1n) is 33.8. The first kappa shape index (κ1) is 82.1. The summed E-state index contributed by atoms with van der Waals surface area (Å²) in [5.74, 6) is 0.0938. The SMILES string of the molecule is CCCCCCCC(=O)OC[C@H](COP(=O)(O)OC[C@H](O)COP(=O)(O)OC[C@@H](COC(=O)CCCCCCCCCCC(C)C)OC(=O)CCCCCCCCCCCCCCCCC(C)C)OC(=O)CCCCCCCCCCC(C)C. The maximum Gasteiger partial charge on any atom is 0.472 e. The van der Waals surface area contributed by atoms with Crippen LogP contribution in [0, 0.1) is 17.8 Å². The third kappa shape index (κ3) is 59.0. The fourth-order valence-electron chi connectivity index (χ4n) is 9.66. The lowest BCUT2D eigenvalue weighted by atomic mass is 10.0. The highest BCUT2D eigenvalue weighted by Crippen LogP contribution is 2.45. The molecule has 0 aliphatic heterocycles. The Morgan fingerprint density at radius 3 is 0.810 bits per heavy atom. The van der Waals surface area contributed by atoms with Crippen molar-refractivity contribution in [3.05, 3.63) is 0 Å². The smallest absolute Gasteiger partial charge is 0.462 e. The predicted molar refractivity (Wildman–Crippen MR) is 335 cm³/mol. The van der Waals surface area contributed by atoms with Gasteiger partial charge in [0.15, 0.2) is 12.2 Å². The van der Waals surface area contributed by atoms with Crippen molar-refractivity contribution in [1.29, 1.82) is 0 Å². The highest BCUT2D eigenvalue weighted by molar-refractivity contribution is 7.47. The molecule has 19 heteroatoms. The van der Waals surface area contributed by atoms with Crippen molar-refractivity contribution < 1.29 is 80.2 Å². The maximum absolute atomic E-state index is 13.0. The van der Waals surface area contributed by atoms with Crippen LogP contribution in [0.2, 0.25) is 0 Å². The van der Waals surface area contributed by atoms with E-state index in [4.69, 9.17) is 37.0 Å². The zero-order chi connectivity index (χ0) is 62.4. The van der Waals surface area contributed by atoms with Crippen LogP contribution >= 0.6 is 15.6 Å². The predicted octanol–water partition coefficient (Wildman–Crippen LogP) is 17.9. The summed E-state index contributed by atoms with van der Waals surface area (Å²) < 4.78 is 67.8. The molecule has 0 bridgehead atoms. The number of unbranched alkanes of at least 4 members (excludes halogenated alkanes) is 31. The molecule has 84 heavy (non-hydrogen) atoms. The Hall–Kier alpha value is -1.94. The van der Waals surface area contributed by atoms with Gasteiger partial charge < -0.3 is 33.8 Å². The number of hydrogen-bond acceptors (Lipinski definition) is 15. The zero-order valence-corrected chi connectivity index (χ0v) is 56.1. The van der Waals surface area contributed by atoms with Crippen molar-refractivity contribution in [3.8, 4) is 0 Å². The molecule has 2 unspecified atom stereocenters. The molecule has 3 N–H and O–H groups in total. The standard InChI is InChI=1S/C65H126O17P2/c1-8-9-10-29-39-46-62(67)75-52-60(81-65(70)49-42-35-28-22-20-25-32-38-45-58(6)7)54-79-83(71,72)77-50-59(66)51-78-84(73,74)80-55-61(53-76-63(68)47-40-33-26-21-19-24-31-37-44-57(4)5)82-64(69)48-41-34-27-18-16-14-12-11-13-15-17-23-30-36-43-56(2)3/h56-61,66H,8-55H2,1-7H3,(H,71,72)(H,73,74)/t59-,60+,61+/m0/s1. The second-order valence-corrected chi connectivity index (χ2v) is 27.8. The number of aliphatic hydroxyl groups is 1. The number of esters is 4. The van der Waals surface area contributed by atoms with E-state index in [1.165, 1.54) is 122 Å². The molecule has 0 radical (unpaired) electrons. The molecule has 0 rings (SSSR count). The van der Waals surface area contributed by atoms with E-state index < -0.39 is 97.5 Å². The van der Waals surface area contributed by atoms with Gasteiger partial charge in [0.25, 0.3) is 0 Å². The Labute approximate surface area is 511 Å². The summed E-state index contributed by atoms with van der Waals surface area (Å²) in [6.07, 6.45) is 38.0. The molecule has 0 aromatic rings. The van der Waals surface area contributed by atoms with Gasteiger partial charge in [-0.2, -0.15) is 0 Å². The molecular formula is C65H126O17P2. The van der Waals surface area contributed by atoms with Crippen LogP contribution in [0.25, 0.3) is 0 Å². The van der Waals surface area contributed by atoms with E-state index in [1.807, 2.05) is 0 Å². The molecule has 0 aromatic carbocycles. The first-order valence-corrected chi connectivity index (χ1v) is 36.8. The summed E-state index contributed by atoms with van der Waals surface area (Å²) >= 11 is 0. The molecule has 498 valence electrons. The van der Waals surface area contributed by atoms with Gasteiger partial charge in [-0.15, -0.1) is 0 Å². The second-order valence-electron chi connectivity index (χ2n) is 24.9. The molecule has 17 nitrogen and oxygen atoms in total. The Kier molecular flexibility index (Phi) is 55.0. The van der Waals surface area contributed by atoms with Gasteiger partial charge in [-0.3, -0.25) is 37.3 Å². The molecule has 0 aliphatic carbocycles. The quantitative estimate of drug-likeness (QED) is 0.0222. The lowest BCUT2D eigenvalue weighted by Gasteiger charge is -2.21. The number of carbonyl (C=O) groups is 4. The van der Waals surface area contributed by atoms with Crippen LogP contribution in [0.3, 0.4) is 0 Å². The average molecular weight is 1240 g/mol. The van der Waals surface area contributed by atoms with Crippen molar-refractivity contribution in [3.63, 3.8) is 0 Å². The Morgan fingerprint density at radius 2 is 0.548 bits per heavy atom. The van der Waals surface area contributed by atoms with Crippen LogP contribution < -0.4 is 0 Å². The monoisotopic (exact) mass is 1240 g/mol. The summed E-state index contributed by atoms with van der Waals surface area (Å²) in [5.41, 5.74) is 0. The van der Waals surface area contributed by atoms with E-state index in [1.54, 1.807) is 0 Å². The fraction of sp³-hybridized carbons (Fsp3) is 0.938. The third-order valence-electron chi connectivity index (χ3n) is 14.9. The van der Waals surface area contributed by atoms with E-state index in [9.17, 15) is 43.2 Å². The molecule has 0 amide bonds. The number of phosphoric ester groups is 2. The Morgan fingerprint density at radius 1 is 0.321 bits per heavy atom. The van der Waals surface area contributed by atoms with Crippen LogP contribution in [-0.4, -0.2) is 96.7 Å². The molecule has 0 saturated heterocycles. The molecular weight excluding hydrogens is 1110 g/mol. The van der Waals surface area contributed by atoms with Gasteiger partial charge in [-0.1, -0.05) is 267 Å². The number of hydrogen-bond donors (Lipinski definition) is 3. The van der Waals surface area contributed by atoms with Crippen molar-refractivity contribution in [2.75, 3.05) is 39.6 Å². The number of carbonyl (C=O) groups excluding carboxylic acids is 4. The molecule has 5 atom stereocenters. The van der Waals surface area contributed by atoms with E-state index >= 15 is 0 Å². The van der Waals surface area contributed by atoms with Crippen LogP contribution in [0.5, 0.6) is 0 Å². The van der Waals surface area contributed by atoms with E-state index in [0.717, 1.165) is 114 Å². The zero-order valence-electron chi connectivity index (χ0n) is 54.4. The first-order chi connectivity index (χ1) is 40.2. The minimum Gasteiger partial charge on any atom is -0.462 e. The lowest BCUT2D eigenvalue weighted by Crippen LogP contribution is -2.30. The normalized spacial score (nSPS) is 14.3. The van der Waals surface area contributed by atoms with Crippen molar-refractivity contribution in [1.82, 2.24) is 0 Å². The summed E-state index contributed by atoms with van der Waals surface area (Å²) in [5, 5.41) is 10.5. The minimum atomic E-state index is -4.95. The summed E-state index contributed by atoms with van der Waals surface area (Å²) in [4.78, 5) is 72.0. The van der Waals surface area contributed by atoms with Crippen molar-refractivity contribution in [2.45, 2.75) is 336 Å². The molecule has 0 heterocycles. The minimum absolute atomic E-state index is 0.103. The van der Waals surface area contributed by atoms with E-state index in [2.05, 4.69) is 48.5 Å². The van der Waals surface area contributed by atoms with Gasteiger partial charge in [0.1, 0.15) is 19.3 Å². The summed E-state index contributed by atoms with van der Waals surface area (Å²) in [6, 6.07) is 0. The highest BCUT2D eigenvalue weighted by atomic mass is 31.2. The van der Waals surface area contributed by atoms with Gasteiger partial charge in [0.2, 0.25) is 0 Å². The Bertz CT molecular complexity index is 1660. The molecule has 0 fully saturated rings. The van der Waals surface area contributed by atoms with Gasteiger partial charge in [-0.05, 0) is 43.4 Å². The fourth-order valence-corrected chi connectivity index (χ4v) is 11.2. The summed E-state index contributed by atoms with van der Waals surface area (Å²) in [6.45, 7) is 11.7. The van der Waals surface area contributed by atoms with E-state index in [0.29, 0.717) is 25.7 Å². The van der Waals surface area contributed by atoms with E-state index in [-0.39, 0.29) is 25.7 Å². The largest absolute Gasteiger partial charge is 0.472 e. The lowest BCUT2D eigenvalue weighted by molar-refractivity contribution is -0.161. The van der Waals surface area contributed by atoms with Gasteiger partial charge >= 0.3 is 39.5 Å². The number of ether oxygens (including phenoxy) is 4. The van der Waals surface area contributed by atoms with Gasteiger partial charge in [-0.25, -0.2) is 9.13 Å².